The molecule has 5 heteroatoms. The number of benzene rings is 3. The van der Waals surface area contributed by atoms with Crippen molar-refractivity contribution >= 4 is 11.7 Å². The van der Waals surface area contributed by atoms with E-state index in [2.05, 4.69) is 49.9 Å². The van der Waals surface area contributed by atoms with E-state index in [1.165, 1.54) is 5.56 Å². The number of hydrogen-bond donors (Lipinski definition) is 0. The third-order valence-electron chi connectivity index (χ3n) is 7.05. The van der Waals surface area contributed by atoms with E-state index in [0.717, 1.165) is 65.6 Å². The molecule has 0 unspecified atom stereocenters. The lowest BCUT2D eigenvalue weighted by Gasteiger charge is -2.27. The molecule has 1 aliphatic heterocycles. The Morgan fingerprint density at radius 3 is 2.00 bits per heavy atom. The molecule has 3 aromatic carbocycles. The smallest absolute Gasteiger partial charge is 0.253 e. The van der Waals surface area contributed by atoms with Crippen LogP contribution in [0.25, 0.3) is 22.5 Å². The Balaban J connectivity index is 1.35. The van der Waals surface area contributed by atoms with Crippen molar-refractivity contribution in [3.8, 4) is 22.5 Å². The van der Waals surface area contributed by atoms with Crippen LogP contribution in [0.3, 0.4) is 0 Å². The predicted octanol–water partition coefficient (Wildman–Crippen LogP) is 6.59. The lowest BCUT2D eigenvalue weighted by Crippen LogP contribution is -2.35. The van der Waals surface area contributed by atoms with Gasteiger partial charge in [-0.25, -0.2) is 9.97 Å². The van der Waals surface area contributed by atoms with Crippen LogP contribution in [0.4, 0.5) is 5.82 Å². The molecule has 1 aliphatic rings. The molecular weight excluding hydrogens is 456 g/mol. The van der Waals surface area contributed by atoms with Crippen molar-refractivity contribution in [2.45, 2.75) is 33.1 Å². The first-order valence-electron chi connectivity index (χ1n) is 13.1. The molecule has 4 aromatic rings. The lowest BCUT2D eigenvalue weighted by atomic mass is 10.0. The largest absolute Gasteiger partial charge is 0.354 e. The Bertz CT molecular complexity index is 1350. The van der Waals surface area contributed by atoms with Crippen LogP contribution in [0.2, 0.25) is 0 Å². The number of rotatable bonds is 5. The van der Waals surface area contributed by atoms with Crippen LogP contribution >= 0.6 is 0 Å². The number of aryl methyl sites for hydroxylation is 1. The summed E-state index contributed by atoms with van der Waals surface area (Å²) in [5.41, 5.74) is 6.25. The number of hydrogen-bond acceptors (Lipinski definition) is 4. The maximum absolute atomic E-state index is 13.4. The topological polar surface area (TPSA) is 49.3 Å². The summed E-state index contributed by atoms with van der Waals surface area (Å²) < 4.78 is 0. The van der Waals surface area contributed by atoms with Crippen molar-refractivity contribution in [2.75, 3.05) is 31.1 Å². The third kappa shape index (κ3) is 5.41. The van der Waals surface area contributed by atoms with Gasteiger partial charge in [-0.3, -0.25) is 4.79 Å². The molecule has 2 heterocycles. The Kier molecular flexibility index (Phi) is 7.31. The molecule has 0 atom stereocenters. The van der Waals surface area contributed by atoms with Crippen molar-refractivity contribution < 1.29 is 4.79 Å². The average molecular weight is 491 g/mol. The van der Waals surface area contributed by atoms with Crippen LogP contribution in [0, 0.1) is 6.92 Å². The fourth-order valence-corrected chi connectivity index (χ4v) is 5.15. The summed E-state index contributed by atoms with van der Waals surface area (Å²) in [6.45, 7) is 9.50. The van der Waals surface area contributed by atoms with E-state index < -0.39 is 0 Å². The van der Waals surface area contributed by atoms with Gasteiger partial charge >= 0.3 is 0 Å². The lowest BCUT2D eigenvalue weighted by molar-refractivity contribution is 0.0767. The monoisotopic (exact) mass is 490 g/mol. The molecule has 1 aromatic heterocycles. The summed E-state index contributed by atoms with van der Waals surface area (Å²) in [7, 11) is 0. The first-order valence-corrected chi connectivity index (χ1v) is 13.1. The summed E-state index contributed by atoms with van der Waals surface area (Å²) in [6, 6.07) is 28.4. The minimum atomic E-state index is 0.0920. The second kappa shape index (κ2) is 11.0. The molecule has 37 heavy (non-hydrogen) atoms. The van der Waals surface area contributed by atoms with Gasteiger partial charge in [0.05, 0.1) is 0 Å². The Morgan fingerprint density at radius 1 is 0.730 bits per heavy atom. The zero-order valence-corrected chi connectivity index (χ0v) is 21.9. The van der Waals surface area contributed by atoms with E-state index >= 15 is 0 Å². The highest BCUT2D eigenvalue weighted by Gasteiger charge is 2.25. The highest BCUT2D eigenvalue weighted by molar-refractivity contribution is 5.94. The summed E-state index contributed by atoms with van der Waals surface area (Å²) in [6.07, 6.45) is 0.898. The summed E-state index contributed by atoms with van der Waals surface area (Å²) in [5, 5.41) is 0. The van der Waals surface area contributed by atoms with E-state index in [4.69, 9.17) is 9.97 Å². The van der Waals surface area contributed by atoms with Crippen LogP contribution in [0.5, 0.6) is 0 Å². The van der Waals surface area contributed by atoms with Crippen LogP contribution in [-0.4, -0.2) is 47.0 Å². The minimum Gasteiger partial charge on any atom is -0.354 e. The van der Waals surface area contributed by atoms with Crippen molar-refractivity contribution in [3.05, 3.63) is 102 Å². The minimum absolute atomic E-state index is 0.0920. The second-order valence-electron chi connectivity index (χ2n) is 9.97. The molecule has 0 N–H and O–H groups in total. The maximum atomic E-state index is 13.4. The van der Waals surface area contributed by atoms with Gasteiger partial charge in [0, 0.05) is 48.6 Å². The van der Waals surface area contributed by atoms with Crippen LogP contribution in [-0.2, 0) is 0 Å². The van der Waals surface area contributed by atoms with E-state index in [0.29, 0.717) is 12.5 Å². The highest BCUT2D eigenvalue weighted by atomic mass is 16.2. The summed E-state index contributed by atoms with van der Waals surface area (Å²) in [5.74, 6) is 2.16. The fraction of sp³-hybridized carbons (Fsp3) is 0.281. The molecule has 1 saturated heterocycles. The van der Waals surface area contributed by atoms with Gasteiger partial charge in [-0.15, -0.1) is 0 Å². The number of anilines is 1. The molecule has 0 bridgehead atoms. The Hall–Kier alpha value is -3.99. The SMILES string of the molecule is Cc1nc(-c2ccccc2)nc(N2CCCN(C(=O)c3ccc(-c4ccccc4)cc3)CC2)c1C(C)C. The predicted molar refractivity (Wildman–Crippen MR) is 151 cm³/mol. The van der Waals surface area contributed by atoms with Gasteiger partial charge in [0.15, 0.2) is 5.82 Å². The highest BCUT2D eigenvalue weighted by Crippen LogP contribution is 2.31. The van der Waals surface area contributed by atoms with E-state index in [1.54, 1.807) is 0 Å². The maximum Gasteiger partial charge on any atom is 0.253 e. The second-order valence-corrected chi connectivity index (χ2v) is 9.97. The summed E-state index contributed by atoms with van der Waals surface area (Å²) >= 11 is 0. The van der Waals surface area contributed by atoms with Crippen LogP contribution < -0.4 is 4.90 Å². The van der Waals surface area contributed by atoms with E-state index in [9.17, 15) is 4.79 Å². The average Bonchev–Trinajstić information content (AvgIpc) is 3.19. The first-order chi connectivity index (χ1) is 18.0. The van der Waals surface area contributed by atoms with Gasteiger partial charge in [0.1, 0.15) is 5.82 Å². The Labute approximate surface area is 219 Å². The molecule has 1 amide bonds. The number of carbonyl (C=O) groups excluding carboxylic acids is 1. The standard InChI is InChI=1S/C32H34N4O/c1-23(2)29-24(3)33-30(27-13-8-5-9-14-27)34-31(29)35-19-10-20-36(22-21-35)32(37)28-17-15-26(16-18-28)25-11-6-4-7-12-25/h4-9,11-18,23H,10,19-22H2,1-3H3. The molecule has 0 aliphatic carbocycles. The van der Waals surface area contributed by atoms with E-state index in [1.807, 2.05) is 65.6 Å². The molecular formula is C32H34N4O. The number of amides is 1. The van der Waals surface area contributed by atoms with Crippen molar-refractivity contribution in [2.24, 2.45) is 0 Å². The van der Waals surface area contributed by atoms with Gasteiger partial charge in [0.25, 0.3) is 5.91 Å². The van der Waals surface area contributed by atoms with E-state index in [-0.39, 0.29) is 5.91 Å². The molecule has 0 saturated carbocycles. The zero-order valence-electron chi connectivity index (χ0n) is 21.9. The van der Waals surface area contributed by atoms with Crippen molar-refractivity contribution in [1.82, 2.24) is 14.9 Å². The molecule has 5 nitrogen and oxygen atoms in total. The van der Waals surface area contributed by atoms with Gasteiger partial charge in [-0.1, -0.05) is 86.6 Å². The van der Waals surface area contributed by atoms with Crippen molar-refractivity contribution in [3.63, 3.8) is 0 Å². The Morgan fingerprint density at radius 2 is 1.35 bits per heavy atom. The number of carbonyl (C=O) groups is 1. The van der Waals surface area contributed by atoms with Crippen LogP contribution in [0.15, 0.2) is 84.9 Å². The third-order valence-corrected chi connectivity index (χ3v) is 7.05. The van der Waals surface area contributed by atoms with Gasteiger partial charge in [-0.2, -0.15) is 0 Å². The molecule has 0 radical (unpaired) electrons. The first kappa shape index (κ1) is 24.7. The summed E-state index contributed by atoms with van der Waals surface area (Å²) in [4.78, 5) is 27.6. The van der Waals surface area contributed by atoms with Gasteiger partial charge in [0.2, 0.25) is 0 Å². The van der Waals surface area contributed by atoms with Gasteiger partial charge in [-0.05, 0) is 42.5 Å². The number of nitrogens with zero attached hydrogens (tertiary/aromatic N) is 4. The van der Waals surface area contributed by atoms with Gasteiger partial charge < -0.3 is 9.80 Å². The molecule has 1 fully saturated rings. The normalized spacial score (nSPS) is 14.1. The molecule has 0 spiro atoms. The molecule has 5 rings (SSSR count). The van der Waals surface area contributed by atoms with Crippen molar-refractivity contribution in [1.29, 1.82) is 0 Å². The van der Waals surface area contributed by atoms with Crippen LogP contribution in [0.1, 0.15) is 47.8 Å². The number of aromatic nitrogens is 2. The molecule has 188 valence electrons. The quantitative estimate of drug-likeness (QED) is 0.316. The fourth-order valence-electron chi connectivity index (χ4n) is 5.15. The zero-order chi connectivity index (χ0) is 25.8.